The van der Waals surface area contributed by atoms with Gasteiger partial charge in [0.15, 0.2) is 0 Å². The van der Waals surface area contributed by atoms with E-state index >= 15 is 0 Å². The van der Waals surface area contributed by atoms with E-state index in [4.69, 9.17) is 34.8 Å². The minimum Gasteiger partial charge on any atom is -0.378 e. The molecule has 0 aliphatic carbocycles. The molecule has 7 heteroatoms. The monoisotopic (exact) mass is 400 g/mol. The summed E-state index contributed by atoms with van der Waals surface area (Å²) in [4.78, 5) is 1.80. The molecule has 0 spiro atoms. The molecule has 3 nitrogen and oxygen atoms in total. The zero-order chi connectivity index (χ0) is 17.9. The lowest BCUT2D eigenvalue weighted by Gasteiger charge is -2.07. The van der Waals surface area contributed by atoms with Crippen LogP contribution >= 0.6 is 46.1 Å². The van der Waals surface area contributed by atoms with E-state index < -0.39 is 5.60 Å². The normalized spacial score (nSPS) is 11.9. The summed E-state index contributed by atoms with van der Waals surface area (Å²) >= 11 is 19.6. The molecule has 126 valence electrons. The van der Waals surface area contributed by atoms with Crippen LogP contribution in [0.1, 0.15) is 30.5 Å². The molecule has 0 aliphatic heterocycles. The van der Waals surface area contributed by atoms with Crippen molar-refractivity contribution in [2.24, 2.45) is 5.10 Å². The van der Waals surface area contributed by atoms with Crippen molar-refractivity contribution in [1.29, 1.82) is 0 Å². The Bertz CT molecular complexity index is 818. The maximum atomic E-state index is 9.64. The van der Waals surface area contributed by atoms with Gasteiger partial charge in [-0.25, -0.2) is 0 Å². The third-order valence-corrected chi connectivity index (χ3v) is 4.72. The highest BCUT2D eigenvalue weighted by atomic mass is 35.5. The summed E-state index contributed by atoms with van der Waals surface area (Å²) in [5.41, 5.74) is 3.11. The second-order valence-corrected chi connectivity index (χ2v) is 7.86. The summed E-state index contributed by atoms with van der Waals surface area (Å²) in [6.45, 7) is 5.15. The van der Waals surface area contributed by atoms with Crippen molar-refractivity contribution in [1.82, 2.24) is 0 Å². The van der Waals surface area contributed by atoms with Crippen LogP contribution in [0.2, 0.25) is 15.1 Å². The van der Waals surface area contributed by atoms with Crippen LogP contribution in [-0.2, 0) is 0 Å². The average molecular weight is 402 g/mol. The quantitative estimate of drug-likeness (QED) is 0.395. The first-order valence-corrected chi connectivity index (χ1v) is 8.91. The van der Waals surface area contributed by atoms with Crippen molar-refractivity contribution in [3.8, 4) is 11.8 Å². The summed E-state index contributed by atoms with van der Waals surface area (Å²) in [5, 5.41) is 15.2. The van der Waals surface area contributed by atoms with E-state index in [2.05, 4.69) is 22.4 Å². The minimum atomic E-state index is -1.02. The minimum absolute atomic E-state index is 0.395. The van der Waals surface area contributed by atoms with E-state index in [1.54, 1.807) is 26.0 Å². The van der Waals surface area contributed by atoms with Gasteiger partial charge in [0.2, 0.25) is 0 Å². The van der Waals surface area contributed by atoms with Crippen molar-refractivity contribution < 1.29 is 5.11 Å². The van der Waals surface area contributed by atoms with Gasteiger partial charge in [-0.15, -0.1) is 11.3 Å². The molecule has 1 heterocycles. The largest absolute Gasteiger partial charge is 0.378 e. The highest BCUT2D eigenvalue weighted by Gasteiger charge is 2.09. The molecule has 0 unspecified atom stereocenters. The molecular weight excluding hydrogens is 387 g/mol. The van der Waals surface area contributed by atoms with E-state index in [-0.39, 0.29) is 0 Å². The SMILES string of the molecule is CC(=NNc1c(Cl)cc(Cl)cc1Cl)c1ccc(C#CC(C)(C)O)s1. The Morgan fingerprint density at radius 1 is 1.21 bits per heavy atom. The Morgan fingerprint density at radius 3 is 2.42 bits per heavy atom. The van der Waals surface area contributed by atoms with Crippen molar-refractivity contribution >= 4 is 57.5 Å². The molecule has 2 rings (SSSR count). The van der Waals surface area contributed by atoms with Gasteiger partial charge in [-0.2, -0.15) is 5.10 Å². The number of nitrogens with zero attached hydrogens (tertiary/aromatic N) is 1. The molecule has 0 saturated heterocycles. The second kappa shape index (κ2) is 7.77. The molecule has 0 radical (unpaired) electrons. The molecule has 0 aliphatic rings. The number of aliphatic hydroxyl groups is 1. The van der Waals surface area contributed by atoms with Gasteiger partial charge in [0.05, 0.1) is 31.2 Å². The predicted octanol–water partition coefficient (Wildman–Crippen LogP) is 5.67. The number of rotatable bonds is 3. The van der Waals surface area contributed by atoms with Crippen LogP contribution in [0.4, 0.5) is 5.69 Å². The fraction of sp³-hybridized carbons (Fsp3) is 0.235. The third-order valence-electron chi connectivity index (χ3n) is 2.80. The summed E-state index contributed by atoms with van der Waals surface area (Å²) in [7, 11) is 0. The highest BCUT2D eigenvalue weighted by molar-refractivity contribution is 7.14. The van der Waals surface area contributed by atoms with E-state index in [1.807, 2.05) is 19.1 Å². The molecule has 0 saturated carbocycles. The fourth-order valence-electron chi connectivity index (χ4n) is 1.66. The van der Waals surface area contributed by atoms with Crippen LogP contribution in [0.3, 0.4) is 0 Å². The second-order valence-electron chi connectivity index (χ2n) is 5.53. The molecule has 24 heavy (non-hydrogen) atoms. The molecule has 1 aromatic heterocycles. The van der Waals surface area contributed by atoms with Crippen molar-refractivity contribution in [3.63, 3.8) is 0 Å². The van der Waals surface area contributed by atoms with Crippen molar-refractivity contribution in [2.75, 3.05) is 5.43 Å². The van der Waals surface area contributed by atoms with Crippen molar-refractivity contribution in [3.05, 3.63) is 49.1 Å². The van der Waals surface area contributed by atoms with Gasteiger partial charge < -0.3 is 5.11 Å². The maximum Gasteiger partial charge on any atom is 0.120 e. The van der Waals surface area contributed by atoms with E-state index in [0.717, 1.165) is 15.5 Å². The molecule has 0 bridgehead atoms. The lowest BCUT2D eigenvalue weighted by atomic mass is 10.1. The lowest BCUT2D eigenvalue weighted by molar-refractivity contribution is 0.143. The summed E-state index contributed by atoms with van der Waals surface area (Å²) in [6, 6.07) is 7.00. The van der Waals surface area contributed by atoms with Crippen LogP contribution in [0, 0.1) is 11.8 Å². The molecule has 2 aromatic rings. The standard InChI is InChI=1S/C17H15Cl3N2OS/c1-10(15-5-4-12(24-15)6-7-17(2,3)23)21-22-16-13(19)8-11(18)9-14(16)20/h4-5,8-9,22-23H,1-3H3. The van der Waals surface area contributed by atoms with Crippen molar-refractivity contribution in [2.45, 2.75) is 26.4 Å². The van der Waals surface area contributed by atoms with Gasteiger partial charge in [-0.05, 0) is 45.0 Å². The Kier molecular flexibility index (Phi) is 6.19. The average Bonchev–Trinajstić information content (AvgIpc) is 2.92. The Hall–Kier alpha value is -1.22. The zero-order valence-electron chi connectivity index (χ0n) is 13.2. The number of thiophene rings is 1. The van der Waals surface area contributed by atoms with Gasteiger partial charge in [-0.3, -0.25) is 5.43 Å². The Morgan fingerprint density at radius 2 is 1.83 bits per heavy atom. The molecule has 2 N–H and O–H groups in total. The first kappa shape index (κ1) is 19.1. The van der Waals surface area contributed by atoms with E-state index in [0.29, 0.717) is 20.8 Å². The number of hydrogen-bond acceptors (Lipinski definition) is 4. The van der Waals surface area contributed by atoms with Crippen LogP contribution in [0.15, 0.2) is 29.4 Å². The number of hydrazone groups is 1. The molecule has 0 atom stereocenters. The van der Waals surface area contributed by atoms with Crippen LogP contribution in [0.5, 0.6) is 0 Å². The predicted molar refractivity (Wildman–Crippen MR) is 105 cm³/mol. The Labute approximate surface area is 160 Å². The van der Waals surface area contributed by atoms with Crippen LogP contribution < -0.4 is 5.43 Å². The van der Waals surface area contributed by atoms with Gasteiger partial charge in [-0.1, -0.05) is 46.6 Å². The number of anilines is 1. The summed E-state index contributed by atoms with van der Waals surface area (Å²) in [5.74, 6) is 5.73. The van der Waals surface area contributed by atoms with Crippen LogP contribution in [-0.4, -0.2) is 16.4 Å². The van der Waals surface area contributed by atoms with E-state index in [1.165, 1.54) is 11.3 Å². The van der Waals surface area contributed by atoms with Gasteiger partial charge in [0.1, 0.15) is 5.60 Å². The van der Waals surface area contributed by atoms with Gasteiger partial charge >= 0.3 is 0 Å². The highest BCUT2D eigenvalue weighted by Crippen LogP contribution is 2.33. The first-order valence-electron chi connectivity index (χ1n) is 6.96. The number of hydrogen-bond donors (Lipinski definition) is 2. The Balaban J connectivity index is 2.18. The van der Waals surface area contributed by atoms with Gasteiger partial charge in [0.25, 0.3) is 0 Å². The fourth-order valence-corrected chi connectivity index (χ4v) is 3.36. The smallest absolute Gasteiger partial charge is 0.120 e. The summed E-state index contributed by atoms with van der Waals surface area (Å²) in [6.07, 6.45) is 0. The number of halogens is 3. The van der Waals surface area contributed by atoms with Crippen LogP contribution in [0.25, 0.3) is 0 Å². The number of nitrogens with one attached hydrogen (secondary N) is 1. The van der Waals surface area contributed by atoms with Gasteiger partial charge in [0, 0.05) is 5.02 Å². The first-order chi connectivity index (χ1) is 11.2. The topological polar surface area (TPSA) is 44.6 Å². The molecular formula is C17H15Cl3N2OS. The molecule has 1 aromatic carbocycles. The lowest BCUT2D eigenvalue weighted by Crippen LogP contribution is -2.14. The molecule has 0 amide bonds. The molecule has 0 fully saturated rings. The zero-order valence-corrected chi connectivity index (χ0v) is 16.3. The maximum absolute atomic E-state index is 9.64. The summed E-state index contributed by atoms with van der Waals surface area (Å²) < 4.78 is 0. The number of benzene rings is 1. The third kappa shape index (κ3) is 5.41. The van der Waals surface area contributed by atoms with E-state index in [9.17, 15) is 5.11 Å².